The molecule has 1 aromatic carbocycles. The highest BCUT2D eigenvalue weighted by molar-refractivity contribution is 5.97. The number of hydrogen-bond donors (Lipinski definition) is 2. The van der Waals surface area contributed by atoms with E-state index in [-0.39, 0.29) is 24.6 Å². The van der Waals surface area contributed by atoms with Gasteiger partial charge in [-0.05, 0) is 38.8 Å². The maximum atomic E-state index is 12.9. The Bertz CT molecular complexity index is 1070. The summed E-state index contributed by atoms with van der Waals surface area (Å²) in [5.74, 6) is -0.952. The van der Waals surface area contributed by atoms with Crippen LogP contribution >= 0.6 is 0 Å². The van der Waals surface area contributed by atoms with Crippen LogP contribution in [-0.4, -0.2) is 40.7 Å². The monoisotopic (exact) mass is 460 g/mol. The minimum Gasteiger partial charge on any atom is -0.479 e. The van der Waals surface area contributed by atoms with Gasteiger partial charge in [0.1, 0.15) is 11.6 Å². The van der Waals surface area contributed by atoms with Crippen molar-refractivity contribution in [3.05, 3.63) is 50.7 Å². The summed E-state index contributed by atoms with van der Waals surface area (Å²) in [4.78, 5) is 53.3. The molecular weight excluding hydrogens is 428 g/mol. The fraction of sp³-hybridized carbons (Fsp3) is 0.478. The van der Waals surface area contributed by atoms with Crippen molar-refractivity contribution in [2.45, 2.75) is 59.6 Å². The molecular formula is C23H32N4O6. The van der Waals surface area contributed by atoms with E-state index < -0.39 is 35.8 Å². The second kappa shape index (κ2) is 11.9. The Morgan fingerprint density at radius 2 is 1.82 bits per heavy atom. The van der Waals surface area contributed by atoms with Crippen LogP contribution in [-0.2, 0) is 20.9 Å². The number of nitrogens with one attached hydrogen (secondary N) is 1. The molecule has 1 heterocycles. The second-order valence-corrected chi connectivity index (χ2v) is 7.72. The van der Waals surface area contributed by atoms with Gasteiger partial charge in [0.15, 0.2) is 18.4 Å². The molecule has 0 aliphatic rings. The molecule has 1 unspecified atom stereocenters. The predicted molar refractivity (Wildman–Crippen MR) is 126 cm³/mol. The number of esters is 1. The van der Waals surface area contributed by atoms with Gasteiger partial charge in [-0.15, -0.1) is 0 Å². The number of aromatic amines is 1. The van der Waals surface area contributed by atoms with E-state index in [9.17, 15) is 19.2 Å². The first kappa shape index (κ1) is 25.7. The Morgan fingerprint density at radius 3 is 2.42 bits per heavy atom. The van der Waals surface area contributed by atoms with Crippen molar-refractivity contribution >= 4 is 23.4 Å². The van der Waals surface area contributed by atoms with E-state index in [0.717, 1.165) is 12.0 Å². The molecule has 0 fully saturated rings. The Hall–Kier alpha value is -3.56. The fourth-order valence-electron chi connectivity index (χ4n) is 3.16. The number of anilines is 2. The number of aromatic nitrogens is 2. The molecule has 0 aliphatic carbocycles. The van der Waals surface area contributed by atoms with E-state index in [1.165, 1.54) is 16.4 Å². The summed E-state index contributed by atoms with van der Waals surface area (Å²) in [6.45, 7) is 7.10. The van der Waals surface area contributed by atoms with E-state index in [4.69, 9.17) is 15.2 Å². The van der Waals surface area contributed by atoms with Crippen LogP contribution in [0.1, 0.15) is 45.6 Å². The number of nitrogens with zero attached hydrogens (tertiary/aromatic N) is 2. The van der Waals surface area contributed by atoms with Gasteiger partial charge in [0.25, 0.3) is 11.5 Å². The normalized spacial score (nSPS) is 11.6. The Balaban J connectivity index is 2.17. The highest BCUT2D eigenvalue weighted by Gasteiger charge is 2.26. The lowest BCUT2D eigenvalue weighted by atomic mass is 10.2. The lowest BCUT2D eigenvalue weighted by Gasteiger charge is -2.24. The molecule has 0 bridgehead atoms. The van der Waals surface area contributed by atoms with Crippen LogP contribution in [0.3, 0.4) is 0 Å². The van der Waals surface area contributed by atoms with E-state index in [1.54, 1.807) is 12.1 Å². The third-order valence-electron chi connectivity index (χ3n) is 4.97. The zero-order chi connectivity index (χ0) is 24.5. The van der Waals surface area contributed by atoms with Gasteiger partial charge in [0, 0.05) is 13.1 Å². The summed E-state index contributed by atoms with van der Waals surface area (Å²) in [7, 11) is 0. The largest absolute Gasteiger partial charge is 0.479 e. The summed E-state index contributed by atoms with van der Waals surface area (Å²) in [6, 6.07) is 7.17. The molecule has 0 radical (unpaired) electrons. The number of ether oxygens (including phenoxy) is 2. The lowest BCUT2D eigenvalue weighted by Crippen LogP contribution is -2.43. The number of nitrogens with two attached hydrogens (primary N) is 1. The first-order chi connectivity index (χ1) is 15.7. The summed E-state index contributed by atoms with van der Waals surface area (Å²) in [5, 5.41) is 0. The van der Waals surface area contributed by atoms with Gasteiger partial charge >= 0.3 is 11.7 Å². The first-order valence-corrected chi connectivity index (χ1v) is 11.0. The van der Waals surface area contributed by atoms with Crippen LogP contribution in [0.5, 0.6) is 5.75 Å². The number of aryl methyl sites for hydroxylation is 1. The quantitative estimate of drug-likeness (QED) is 0.489. The number of unbranched alkanes of at least 4 members (excludes halogenated alkanes) is 1. The number of hydrogen-bond acceptors (Lipinski definition) is 7. The van der Waals surface area contributed by atoms with Crippen molar-refractivity contribution in [1.82, 2.24) is 9.55 Å². The molecule has 33 heavy (non-hydrogen) atoms. The standard InChI is InChI=1S/C23H32N4O6/c1-5-7-13-26(19-20(24)27(12-6-2)23(31)25-21(19)29)18(28)14-32-22(30)16(4)33-17-10-8-15(3)9-11-17/h8-11,16H,5-7,12-14,24H2,1-4H3,(H,25,29,31). The number of rotatable bonds is 11. The van der Waals surface area contributed by atoms with Crippen molar-refractivity contribution in [3.63, 3.8) is 0 Å². The van der Waals surface area contributed by atoms with Crippen LogP contribution in [0, 0.1) is 6.92 Å². The Kier molecular flexibility index (Phi) is 9.26. The van der Waals surface area contributed by atoms with Gasteiger partial charge in [-0.2, -0.15) is 0 Å². The SMILES string of the molecule is CCCCN(C(=O)COC(=O)C(C)Oc1ccc(C)cc1)c1c(N)n(CCC)c(=O)[nH]c1=O. The fourth-order valence-corrected chi connectivity index (χ4v) is 3.16. The number of H-pyrrole nitrogens is 1. The molecule has 0 aliphatic heterocycles. The topological polar surface area (TPSA) is 137 Å². The molecule has 1 aromatic heterocycles. The minimum absolute atomic E-state index is 0.0996. The van der Waals surface area contributed by atoms with Crippen LogP contribution in [0.25, 0.3) is 0 Å². The van der Waals surface area contributed by atoms with Gasteiger partial charge < -0.3 is 20.1 Å². The molecule has 1 atom stereocenters. The molecule has 10 nitrogen and oxygen atoms in total. The van der Waals surface area contributed by atoms with Crippen LogP contribution in [0.2, 0.25) is 0 Å². The van der Waals surface area contributed by atoms with Crippen molar-refractivity contribution in [2.75, 3.05) is 23.8 Å². The zero-order valence-corrected chi connectivity index (χ0v) is 19.6. The maximum Gasteiger partial charge on any atom is 0.347 e. The third kappa shape index (κ3) is 6.71. The molecule has 3 N–H and O–H groups in total. The zero-order valence-electron chi connectivity index (χ0n) is 19.6. The van der Waals surface area contributed by atoms with E-state index in [2.05, 4.69) is 4.98 Å². The minimum atomic E-state index is -0.940. The molecule has 0 saturated heterocycles. The van der Waals surface area contributed by atoms with Gasteiger partial charge in [-0.3, -0.25) is 19.1 Å². The van der Waals surface area contributed by atoms with Crippen molar-refractivity contribution < 1.29 is 19.1 Å². The predicted octanol–water partition coefficient (Wildman–Crippen LogP) is 1.98. The van der Waals surface area contributed by atoms with Gasteiger partial charge in [0.2, 0.25) is 0 Å². The van der Waals surface area contributed by atoms with Crippen LogP contribution in [0.4, 0.5) is 11.5 Å². The van der Waals surface area contributed by atoms with Gasteiger partial charge in [-0.1, -0.05) is 38.0 Å². The molecule has 0 spiro atoms. The number of benzene rings is 1. The number of carbonyl (C=O) groups is 2. The van der Waals surface area contributed by atoms with Gasteiger partial charge in [-0.25, -0.2) is 9.59 Å². The van der Waals surface area contributed by atoms with Crippen LogP contribution < -0.4 is 26.6 Å². The molecule has 180 valence electrons. The average Bonchev–Trinajstić information content (AvgIpc) is 2.78. The Morgan fingerprint density at radius 1 is 1.15 bits per heavy atom. The molecule has 1 amide bonds. The van der Waals surface area contributed by atoms with E-state index >= 15 is 0 Å². The lowest BCUT2D eigenvalue weighted by molar-refractivity contribution is -0.154. The number of carbonyl (C=O) groups excluding carboxylic acids is 2. The molecule has 2 rings (SSSR count). The highest BCUT2D eigenvalue weighted by Crippen LogP contribution is 2.18. The summed E-state index contributed by atoms with van der Waals surface area (Å²) < 4.78 is 11.9. The summed E-state index contributed by atoms with van der Waals surface area (Å²) >= 11 is 0. The van der Waals surface area contributed by atoms with Crippen molar-refractivity contribution in [2.24, 2.45) is 0 Å². The average molecular weight is 461 g/mol. The molecule has 2 aromatic rings. The van der Waals surface area contributed by atoms with Crippen molar-refractivity contribution in [3.8, 4) is 5.75 Å². The summed E-state index contributed by atoms with van der Waals surface area (Å²) in [5.41, 5.74) is 5.62. The van der Waals surface area contributed by atoms with Gasteiger partial charge in [0.05, 0.1) is 0 Å². The number of amides is 1. The highest BCUT2D eigenvalue weighted by atomic mass is 16.6. The maximum absolute atomic E-state index is 12.9. The van der Waals surface area contributed by atoms with Crippen molar-refractivity contribution in [1.29, 1.82) is 0 Å². The third-order valence-corrected chi connectivity index (χ3v) is 4.97. The van der Waals surface area contributed by atoms with Crippen LogP contribution in [0.15, 0.2) is 33.9 Å². The first-order valence-electron chi connectivity index (χ1n) is 11.0. The second-order valence-electron chi connectivity index (χ2n) is 7.72. The van der Waals surface area contributed by atoms with E-state index in [1.807, 2.05) is 32.9 Å². The summed E-state index contributed by atoms with van der Waals surface area (Å²) in [6.07, 6.45) is 0.995. The molecule has 10 heteroatoms. The smallest absolute Gasteiger partial charge is 0.347 e. The molecule has 0 saturated carbocycles. The van der Waals surface area contributed by atoms with E-state index in [0.29, 0.717) is 18.6 Å². The Labute approximate surface area is 192 Å². The number of nitrogen functional groups attached to an aromatic ring is 1.